The zero-order chi connectivity index (χ0) is 22.1. The van der Waals surface area contributed by atoms with Crippen LogP contribution in [0.3, 0.4) is 0 Å². The van der Waals surface area contributed by atoms with Crippen LogP contribution >= 0.6 is 0 Å². The van der Waals surface area contributed by atoms with Crippen LogP contribution in [0.25, 0.3) is 16.9 Å². The SMILES string of the molecule is CCCNC(=O)CNC(=O)C[NH+](C)Cc1cn(-c2ccccc2)nc1-c1ccccc1. The maximum atomic E-state index is 12.3. The van der Waals surface area contributed by atoms with Gasteiger partial charge in [0, 0.05) is 18.3 Å². The molecular formula is C24H30N5O2+. The molecule has 3 aromatic rings. The van der Waals surface area contributed by atoms with E-state index in [9.17, 15) is 9.59 Å². The fourth-order valence-corrected chi connectivity index (χ4v) is 3.32. The van der Waals surface area contributed by atoms with Crippen molar-refractivity contribution in [3.63, 3.8) is 0 Å². The Morgan fingerprint density at radius 3 is 2.32 bits per heavy atom. The van der Waals surface area contributed by atoms with Gasteiger partial charge in [-0.05, 0) is 18.6 Å². The molecule has 3 rings (SSSR count). The molecule has 0 saturated carbocycles. The predicted octanol–water partition coefficient (Wildman–Crippen LogP) is 1.20. The third-order valence-electron chi connectivity index (χ3n) is 4.83. The number of nitrogens with one attached hydrogen (secondary N) is 3. The molecule has 2 aromatic carbocycles. The summed E-state index contributed by atoms with van der Waals surface area (Å²) in [6, 6.07) is 20.0. The number of quaternary nitrogens is 1. The normalized spacial score (nSPS) is 11.7. The predicted molar refractivity (Wildman–Crippen MR) is 121 cm³/mol. The first-order valence-electron chi connectivity index (χ1n) is 10.6. The molecule has 0 aliphatic heterocycles. The molecule has 0 fully saturated rings. The fraction of sp³-hybridized carbons (Fsp3) is 0.292. The summed E-state index contributed by atoms with van der Waals surface area (Å²) < 4.78 is 1.88. The fourth-order valence-electron chi connectivity index (χ4n) is 3.32. The number of rotatable bonds is 10. The van der Waals surface area contributed by atoms with Gasteiger partial charge >= 0.3 is 0 Å². The van der Waals surface area contributed by atoms with E-state index in [0.29, 0.717) is 13.1 Å². The highest BCUT2D eigenvalue weighted by Gasteiger charge is 2.18. The molecule has 7 heteroatoms. The summed E-state index contributed by atoms with van der Waals surface area (Å²) in [5.41, 5.74) is 3.99. The number of likely N-dealkylation sites (N-methyl/N-ethyl adjacent to an activating group) is 1. The molecule has 0 bridgehead atoms. The van der Waals surface area contributed by atoms with Crippen LogP contribution < -0.4 is 15.5 Å². The highest BCUT2D eigenvalue weighted by Crippen LogP contribution is 2.23. The lowest BCUT2D eigenvalue weighted by molar-refractivity contribution is -0.885. The lowest BCUT2D eigenvalue weighted by Gasteiger charge is -2.14. The van der Waals surface area contributed by atoms with Gasteiger partial charge in [0.25, 0.3) is 5.91 Å². The maximum absolute atomic E-state index is 12.3. The van der Waals surface area contributed by atoms with Crippen molar-refractivity contribution in [2.45, 2.75) is 19.9 Å². The van der Waals surface area contributed by atoms with Crippen molar-refractivity contribution in [1.29, 1.82) is 0 Å². The average Bonchev–Trinajstić information content (AvgIpc) is 3.21. The van der Waals surface area contributed by atoms with Gasteiger partial charge in [-0.15, -0.1) is 0 Å². The smallest absolute Gasteiger partial charge is 0.275 e. The Balaban J connectivity index is 1.69. The van der Waals surface area contributed by atoms with Crippen LogP contribution in [-0.2, 0) is 16.1 Å². The van der Waals surface area contributed by atoms with Crippen LogP contribution in [-0.4, -0.2) is 48.3 Å². The van der Waals surface area contributed by atoms with E-state index < -0.39 is 0 Å². The van der Waals surface area contributed by atoms with Crippen molar-refractivity contribution in [2.75, 3.05) is 26.7 Å². The van der Waals surface area contributed by atoms with Gasteiger partial charge in [0.1, 0.15) is 12.2 Å². The molecule has 1 unspecified atom stereocenters. The summed E-state index contributed by atoms with van der Waals surface area (Å²) in [5.74, 6) is -0.316. The molecule has 162 valence electrons. The van der Waals surface area contributed by atoms with Crippen LogP contribution in [0, 0.1) is 0 Å². The molecular weight excluding hydrogens is 390 g/mol. The molecule has 0 aliphatic rings. The van der Waals surface area contributed by atoms with Crippen LogP contribution in [0.4, 0.5) is 0 Å². The minimum Gasteiger partial charge on any atom is -0.355 e. The Kier molecular flexibility index (Phi) is 7.95. The molecule has 0 radical (unpaired) electrons. The average molecular weight is 421 g/mol. The first-order chi connectivity index (χ1) is 15.1. The monoisotopic (exact) mass is 420 g/mol. The first-order valence-corrected chi connectivity index (χ1v) is 10.6. The second-order valence-corrected chi connectivity index (χ2v) is 7.59. The van der Waals surface area contributed by atoms with E-state index >= 15 is 0 Å². The van der Waals surface area contributed by atoms with Crippen LogP contribution in [0.15, 0.2) is 66.9 Å². The van der Waals surface area contributed by atoms with E-state index in [-0.39, 0.29) is 24.9 Å². The molecule has 0 saturated heterocycles. The zero-order valence-corrected chi connectivity index (χ0v) is 18.1. The first kappa shape index (κ1) is 22.2. The number of carbonyl (C=O) groups is 2. The second-order valence-electron chi connectivity index (χ2n) is 7.59. The number of nitrogens with zero attached hydrogens (tertiary/aromatic N) is 2. The Bertz CT molecular complexity index is 986. The molecule has 31 heavy (non-hydrogen) atoms. The van der Waals surface area contributed by atoms with Crippen molar-refractivity contribution < 1.29 is 14.5 Å². The van der Waals surface area contributed by atoms with Gasteiger partial charge in [0.2, 0.25) is 5.91 Å². The van der Waals surface area contributed by atoms with Crippen molar-refractivity contribution in [3.05, 3.63) is 72.4 Å². The maximum Gasteiger partial charge on any atom is 0.275 e. The zero-order valence-electron chi connectivity index (χ0n) is 18.1. The van der Waals surface area contributed by atoms with Crippen molar-refractivity contribution in [2.24, 2.45) is 0 Å². The number of carbonyl (C=O) groups excluding carboxylic acids is 2. The molecule has 0 aliphatic carbocycles. The molecule has 3 N–H and O–H groups in total. The number of hydrogen-bond donors (Lipinski definition) is 3. The Hall–Kier alpha value is -3.45. The molecule has 2 amide bonds. The number of hydrogen-bond acceptors (Lipinski definition) is 3. The summed E-state index contributed by atoms with van der Waals surface area (Å²) in [6.45, 7) is 3.51. The van der Waals surface area contributed by atoms with E-state index in [4.69, 9.17) is 5.10 Å². The summed E-state index contributed by atoms with van der Waals surface area (Å²) in [4.78, 5) is 25.0. The largest absolute Gasteiger partial charge is 0.355 e. The summed E-state index contributed by atoms with van der Waals surface area (Å²) in [7, 11) is 1.96. The van der Waals surface area contributed by atoms with Gasteiger partial charge in [-0.1, -0.05) is 55.5 Å². The summed E-state index contributed by atoms with van der Waals surface area (Å²) in [6.07, 6.45) is 2.89. The molecule has 1 heterocycles. The molecule has 7 nitrogen and oxygen atoms in total. The quantitative estimate of drug-likeness (QED) is 0.461. The third kappa shape index (κ3) is 6.52. The highest BCUT2D eigenvalue weighted by molar-refractivity contribution is 5.85. The minimum atomic E-state index is -0.164. The van der Waals surface area contributed by atoms with Crippen LogP contribution in [0.1, 0.15) is 18.9 Å². The van der Waals surface area contributed by atoms with Gasteiger partial charge in [-0.25, -0.2) is 4.68 Å². The van der Waals surface area contributed by atoms with Crippen LogP contribution in [0.2, 0.25) is 0 Å². The van der Waals surface area contributed by atoms with Gasteiger partial charge in [-0.2, -0.15) is 5.10 Å². The van der Waals surface area contributed by atoms with E-state index in [1.807, 2.05) is 85.5 Å². The minimum absolute atomic E-state index is 0.00726. The Labute approximate surface area is 183 Å². The van der Waals surface area contributed by atoms with E-state index in [1.165, 1.54) is 0 Å². The highest BCUT2D eigenvalue weighted by atomic mass is 16.2. The van der Waals surface area contributed by atoms with Crippen molar-refractivity contribution in [3.8, 4) is 16.9 Å². The number of para-hydroxylation sites is 1. The van der Waals surface area contributed by atoms with Gasteiger partial charge in [0.15, 0.2) is 6.54 Å². The molecule has 1 aromatic heterocycles. The van der Waals surface area contributed by atoms with Gasteiger partial charge in [-0.3, -0.25) is 9.59 Å². The van der Waals surface area contributed by atoms with Gasteiger partial charge < -0.3 is 15.5 Å². The van der Waals surface area contributed by atoms with E-state index in [1.54, 1.807) is 0 Å². The number of benzene rings is 2. The lowest BCUT2D eigenvalue weighted by atomic mass is 10.1. The molecule has 1 atom stereocenters. The Morgan fingerprint density at radius 2 is 1.65 bits per heavy atom. The topological polar surface area (TPSA) is 80.5 Å². The second kappa shape index (κ2) is 11.1. The number of amides is 2. The lowest BCUT2D eigenvalue weighted by Crippen LogP contribution is -3.08. The van der Waals surface area contributed by atoms with Crippen molar-refractivity contribution in [1.82, 2.24) is 20.4 Å². The van der Waals surface area contributed by atoms with Gasteiger partial charge in [0.05, 0.1) is 24.8 Å². The summed E-state index contributed by atoms with van der Waals surface area (Å²) in [5, 5.41) is 10.3. The van der Waals surface area contributed by atoms with E-state index in [2.05, 4.69) is 10.6 Å². The standard InChI is InChI=1S/C24H29N5O2/c1-3-14-25-22(30)15-26-23(31)18-28(2)16-20-17-29(21-12-8-5-9-13-21)27-24(20)19-10-6-4-7-11-19/h4-13,17H,3,14-16,18H2,1-2H3,(H,25,30)(H,26,31)/p+1. The third-order valence-corrected chi connectivity index (χ3v) is 4.83. The van der Waals surface area contributed by atoms with E-state index in [0.717, 1.165) is 33.8 Å². The molecule has 0 spiro atoms. The summed E-state index contributed by atoms with van der Waals surface area (Å²) >= 11 is 0. The van der Waals surface area contributed by atoms with Crippen molar-refractivity contribution >= 4 is 11.8 Å². The number of aromatic nitrogens is 2. The Morgan fingerprint density at radius 1 is 0.968 bits per heavy atom. The van der Waals surface area contributed by atoms with Crippen LogP contribution in [0.5, 0.6) is 0 Å².